The van der Waals surface area contributed by atoms with Crippen LogP contribution in [-0.4, -0.2) is 95.3 Å². The summed E-state index contributed by atoms with van der Waals surface area (Å²) < 4.78 is 0. The van der Waals surface area contributed by atoms with Crippen LogP contribution in [-0.2, 0) is 32.0 Å². The highest BCUT2D eigenvalue weighted by molar-refractivity contribution is 5.74. The van der Waals surface area contributed by atoms with Crippen LogP contribution >= 0.6 is 0 Å². The number of hydrogen-bond acceptors (Lipinski definition) is 11. The van der Waals surface area contributed by atoms with Crippen LogP contribution in [0.25, 0.3) is 0 Å². The second-order valence-corrected chi connectivity index (χ2v) is 8.28. The molecule has 0 unspecified atom stereocenters. The van der Waals surface area contributed by atoms with E-state index in [-0.39, 0.29) is 24.5 Å². The van der Waals surface area contributed by atoms with E-state index >= 15 is 0 Å². The molecule has 220 valence electrons. The second-order valence-electron chi connectivity index (χ2n) is 8.28. The van der Waals surface area contributed by atoms with Crippen molar-refractivity contribution in [1.82, 2.24) is 9.97 Å². The number of aromatic amines is 1. The SMILES string of the molecule is CC(C)[C@H](N)C(=O)O.N[C@@H](CO)C(=O)O.N[C@@H](Cc1ccc(O)cc1)C(=O)O.N[C@@H](Cc1cnc[nH]1)C(=O)O. The van der Waals surface area contributed by atoms with Gasteiger partial charge in [0.15, 0.2) is 0 Å². The number of aliphatic hydroxyl groups is 1. The highest BCUT2D eigenvalue weighted by Gasteiger charge is 2.14. The van der Waals surface area contributed by atoms with Gasteiger partial charge in [-0.05, 0) is 30.0 Å². The van der Waals surface area contributed by atoms with Crippen molar-refractivity contribution >= 4 is 23.9 Å². The molecule has 16 nitrogen and oxygen atoms in total. The molecule has 2 aromatic rings. The van der Waals surface area contributed by atoms with Gasteiger partial charge >= 0.3 is 23.9 Å². The molecule has 0 spiro atoms. The minimum Gasteiger partial charge on any atom is -0.508 e. The Morgan fingerprint density at radius 3 is 1.54 bits per heavy atom. The van der Waals surface area contributed by atoms with Crippen LogP contribution in [0.4, 0.5) is 0 Å². The second kappa shape index (κ2) is 19.9. The largest absolute Gasteiger partial charge is 0.508 e. The smallest absolute Gasteiger partial charge is 0.322 e. The Kier molecular flexibility index (Phi) is 19.0. The topological polar surface area (TPSA) is 322 Å². The molecule has 1 aromatic heterocycles. The van der Waals surface area contributed by atoms with Crippen LogP contribution in [0, 0.1) is 5.92 Å². The molecule has 0 aliphatic carbocycles. The van der Waals surface area contributed by atoms with E-state index in [0.717, 1.165) is 11.3 Å². The van der Waals surface area contributed by atoms with E-state index in [1.165, 1.54) is 18.5 Å². The first kappa shape index (κ1) is 37.1. The zero-order chi connectivity index (χ0) is 30.7. The fraction of sp³-hybridized carbons (Fsp3) is 0.435. The van der Waals surface area contributed by atoms with Crippen molar-refractivity contribution in [3.63, 3.8) is 0 Å². The van der Waals surface area contributed by atoms with Crippen molar-refractivity contribution in [2.75, 3.05) is 6.61 Å². The number of carboxylic acids is 4. The number of aliphatic hydroxyl groups excluding tert-OH is 1. The molecule has 1 aromatic carbocycles. The molecule has 0 aliphatic heterocycles. The summed E-state index contributed by atoms with van der Waals surface area (Å²) in [6, 6.07) is 2.74. The highest BCUT2D eigenvalue weighted by atomic mass is 16.4. The number of nitrogens with two attached hydrogens (primary N) is 4. The van der Waals surface area contributed by atoms with Crippen molar-refractivity contribution in [2.45, 2.75) is 50.9 Å². The number of nitrogens with zero attached hydrogens (tertiary/aromatic N) is 1. The maximum Gasteiger partial charge on any atom is 0.322 e. The van der Waals surface area contributed by atoms with E-state index in [1.54, 1.807) is 32.2 Å². The van der Waals surface area contributed by atoms with Crippen LogP contribution in [0.2, 0.25) is 0 Å². The third kappa shape index (κ3) is 18.8. The first-order valence-electron chi connectivity index (χ1n) is 11.3. The summed E-state index contributed by atoms with van der Waals surface area (Å²) in [7, 11) is 0. The molecular formula is C23H38N6O10. The monoisotopic (exact) mass is 558 g/mol. The normalized spacial score (nSPS) is 13.0. The summed E-state index contributed by atoms with van der Waals surface area (Å²) in [5.41, 5.74) is 22.0. The van der Waals surface area contributed by atoms with Crippen molar-refractivity contribution in [2.24, 2.45) is 28.9 Å². The summed E-state index contributed by atoms with van der Waals surface area (Å²) in [6.45, 7) is 3.05. The van der Waals surface area contributed by atoms with Crippen molar-refractivity contribution in [3.05, 3.63) is 48.0 Å². The van der Waals surface area contributed by atoms with Gasteiger partial charge in [-0.3, -0.25) is 19.2 Å². The Balaban J connectivity index is 0. The van der Waals surface area contributed by atoms with Crippen LogP contribution in [0.1, 0.15) is 25.1 Å². The van der Waals surface area contributed by atoms with Gasteiger partial charge < -0.3 is 58.6 Å². The number of phenolic OH excluding ortho intramolecular Hbond substituents is 1. The molecule has 1 heterocycles. The van der Waals surface area contributed by atoms with E-state index in [9.17, 15) is 19.2 Å². The van der Waals surface area contributed by atoms with Gasteiger partial charge in [0.2, 0.25) is 0 Å². The van der Waals surface area contributed by atoms with Gasteiger partial charge in [-0.25, -0.2) is 4.98 Å². The van der Waals surface area contributed by atoms with Gasteiger partial charge in [0.25, 0.3) is 0 Å². The highest BCUT2D eigenvalue weighted by Crippen LogP contribution is 2.10. The summed E-state index contributed by atoms with van der Waals surface area (Å²) in [6.07, 6.45) is 3.61. The molecule has 39 heavy (non-hydrogen) atoms. The predicted octanol–water partition coefficient (Wildman–Crippen LogP) is -1.84. The molecule has 15 N–H and O–H groups in total. The lowest BCUT2D eigenvalue weighted by Gasteiger charge is -2.07. The molecule has 0 amide bonds. The van der Waals surface area contributed by atoms with E-state index in [0.29, 0.717) is 0 Å². The average molecular weight is 559 g/mol. The lowest BCUT2D eigenvalue weighted by atomic mass is 10.1. The fourth-order valence-electron chi connectivity index (χ4n) is 2.06. The average Bonchev–Trinajstić information content (AvgIpc) is 3.38. The maximum atomic E-state index is 10.4. The Morgan fingerprint density at radius 1 is 0.795 bits per heavy atom. The third-order valence-corrected chi connectivity index (χ3v) is 4.54. The number of aliphatic carboxylic acids is 4. The molecule has 0 radical (unpaired) electrons. The third-order valence-electron chi connectivity index (χ3n) is 4.54. The standard InChI is InChI=1S/C9H11NO3.C6H9N3O2.C5H11NO2.C3H7NO3/c10-8(9(12)13)5-6-1-3-7(11)4-2-6;7-5(6(10)11)1-4-2-8-3-9-4;1-3(2)4(6)5(7)8;4-2(1-5)3(6)7/h1-4,8,11H,5,10H2,(H,12,13);2-3,5H,1,7H2,(H,8,9)(H,10,11);3-4H,6H2,1-2H3,(H,7,8);2,5H,1,4H2,(H,6,7)/t8-;5-;4-;2-/m0000/s1. The predicted molar refractivity (Wildman–Crippen MR) is 138 cm³/mol. The van der Waals surface area contributed by atoms with E-state index in [4.69, 9.17) is 53.6 Å². The number of imidazole rings is 1. The Bertz CT molecular complexity index is 986. The number of nitrogens with one attached hydrogen (secondary N) is 1. The molecular weight excluding hydrogens is 520 g/mol. The van der Waals surface area contributed by atoms with E-state index in [1.807, 2.05) is 0 Å². The van der Waals surface area contributed by atoms with Crippen LogP contribution in [0.15, 0.2) is 36.8 Å². The lowest BCUT2D eigenvalue weighted by molar-refractivity contribution is -0.140. The van der Waals surface area contributed by atoms with Gasteiger partial charge in [0.05, 0.1) is 12.9 Å². The Morgan fingerprint density at radius 2 is 1.26 bits per heavy atom. The molecule has 0 aliphatic rings. The van der Waals surface area contributed by atoms with Gasteiger partial charge in [0.1, 0.15) is 29.9 Å². The van der Waals surface area contributed by atoms with Crippen molar-refractivity contribution in [1.29, 1.82) is 0 Å². The zero-order valence-corrected chi connectivity index (χ0v) is 21.5. The molecule has 0 saturated carbocycles. The van der Waals surface area contributed by atoms with Crippen LogP contribution in [0.3, 0.4) is 0 Å². The molecule has 4 atom stereocenters. The number of hydrogen-bond donors (Lipinski definition) is 11. The number of benzene rings is 1. The number of phenols is 1. The molecule has 0 fully saturated rings. The molecule has 16 heteroatoms. The lowest BCUT2D eigenvalue weighted by Crippen LogP contribution is -2.34. The number of aromatic hydroxyl groups is 1. The minimum atomic E-state index is -1.18. The quantitative estimate of drug-likeness (QED) is 0.152. The summed E-state index contributed by atoms with van der Waals surface area (Å²) >= 11 is 0. The van der Waals surface area contributed by atoms with Gasteiger partial charge in [-0.1, -0.05) is 26.0 Å². The molecule has 2 rings (SSSR count). The number of rotatable bonds is 10. The molecule has 0 bridgehead atoms. The number of H-pyrrole nitrogens is 1. The van der Waals surface area contributed by atoms with Crippen LogP contribution < -0.4 is 22.9 Å². The first-order chi connectivity index (χ1) is 18.0. The summed E-state index contributed by atoms with van der Waals surface area (Å²) in [5.74, 6) is -3.95. The Labute approximate surface area is 224 Å². The zero-order valence-electron chi connectivity index (χ0n) is 21.5. The van der Waals surface area contributed by atoms with Crippen molar-refractivity contribution in [3.8, 4) is 5.75 Å². The number of carboxylic acid groups (broad SMARTS) is 4. The minimum absolute atomic E-state index is 0.0208. The summed E-state index contributed by atoms with van der Waals surface area (Å²) in [4.78, 5) is 46.8. The van der Waals surface area contributed by atoms with E-state index in [2.05, 4.69) is 9.97 Å². The first-order valence-corrected chi connectivity index (χ1v) is 11.3. The number of aromatic nitrogens is 2. The van der Waals surface area contributed by atoms with Crippen molar-refractivity contribution < 1.29 is 49.8 Å². The van der Waals surface area contributed by atoms with Gasteiger partial charge in [-0.2, -0.15) is 0 Å². The number of carbonyl (C=O) groups is 4. The van der Waals surface area contributed by atoms with E-state index < -0.39 is 54.7 Å². The molecule has 0 saturated heterocycles. The fourth-order valence-corrected chi connectivity index (χ4v) is 2.06. The maximum absolute atomic E-state index is 10.4. The Hall–Kier alpha value is -4.09. The summed E-state index contributed by atoms with van der Waals surface area (Å²) in [5, 5.41) is 50.0. The van der Waals surface area contributed by atoms with Crippen LogP contribution in [0.5, 0.6) is 5.75 Å². The van der Waals surface area contributed by atoms with Gasteiger partial charge in [-0.15, -0.1) is 0 Å². The van der Waals surface area contributed by atoms with Gasteiger partial charge in [0, 0.05) is 18.3 Å².